The van der Waals surface area contributed by atoms with Crippen molar-refractivity contribution in [3.63, 3.8) is 0 Å². The van der Waals surface area contributed by atoms with Crippen molar-refractivity contribution in [2.75, 3.05) is 6.54 Å². The lowest BCUT2D eigenvalue weighted by Crippen LogP contribution is -2.22. The molecule has 1 aromatic rings. The van der Waals surface area contributed by atoms with E-state index >= 15 is 0 Å². The zero-order chi connectivity index (χ0) is 12.7. The van der Waals surface area contributed by atoms with Crippen molar-refractivity contribution in [1.82, 2.24) is 15.1 Å². The minimum atomic E-state index is 0.699. The van der Waals surface area contributed by atoms with Crippen LogP contribution in [0, 0.1) is 11.8 Å². The molecule has 1 heterocycles. The standard InChI is InChI=1S/C14H27N3/c1-5-13(6-2)11-17-14(7-8-16-17)10-15-9-12(3)4/h7-8,12-13,15H,5-6,9-11H2,1-4H3. The molecule has 3 heteroatoms. The molecule has 3 nitrogen and oxygen atoms in total. The van der Waals surface area contributed by atoms with Gasteiger partial charge < -0.3 is 5.32 Å². The van der Waals surface area contributed by atoms with E-state index in [1.165, 1.54) is 18.5 Å². The topological polar surface area (TPSA) is 29.9 Å². The van der Waals surface area contributed by atoms with Crippen LogP contribution in [0.1, 0.15) is 46.2 Å². The van der Waals surface area contributed by atoms with E-state index in [1.54, 1.807) is 0 Å². The van der Waals surface area contributed by atoms with Gasteiger partial charge in [-0.3, -0.25) is 4.68 Å². The van der Waals surface area contributed by atoms with Gasteiger partial charge in [-0.25, -0.2) is 0 Å². The maximum Gasteiger partial charge on any atom is 0.0522 e. The predicted octanol–water partition coefficient (Wildman–Crippen LogP) is 3.06. The fraction of sp³-hybridized carbons (Fsp3) is 0.786. The first-order valence-corrected chi connectivity index (χ1v) is 6.88. The fourth-order valence-corrected chi connectivity index (χ4v) is 1.95. The van der Waals surface area contributed by atoms with Gasteiger partial charge in [0.05, 0.1) is 5.69 Å². The summed E-state index contributed by atoms with van der Waals surface area (Å²) in [6, 6.07) is 2.12. The lowest BCUT2D eigenvalue weighted by Gasteiger charge is -2.15. The second-order valence-corrected chi connectivity index (χ2v) is 5.21. The Morgan fingerprint density at radius 3 is 2.59 bits per heavy atom. The Kier molecular flexibility index (Phi) is 6.27. The highest BCUT2D eigenvalue weighted by Gasteiger charge is 2.08. The van der Waals surface area contributed by atoms with Gasteiger partial charge in [0.15, 0.2) is 0 Å². The Balaban J connectivity index is 2.47. The molecule has 0 radical (unpaired) electrons. The Bertz CT molecular complexity index is 300. The first kappa shape index (κ1) is 14.2. The van der Waals surface area contributed by atoms with Crippen LogP contribution in [-0.2, 0) is 13.1 Å². The van der Waals surface area contributed by atoms with E-state index in [0.29, 0.717) is 5.92 Å². The molecule has 1 N–H and O–H groups in total. The molecular formula is C14H27N3. The van der Waals surface area contributed by atoms with Crippen molar-refractivity contribution in [2.45, 2.75) is 53.6 Å². The highest BCUT2D eigenvalue weighted by molar-refractivity contribution is 5.00. The molecule has 0 aliphatic carbocycles. The zero-order valence-corrected chi connectivity index (χ0v) is 11.7. The predicted molar refractivity (Wildman–Crippen MR) is 72.8 cm³/mol. The number of hydrogen-bond acceptors (Lipinski definition) is 2. The van der Waals surface area contributed by atoms with Gasteiger partial charge in [0, 0.05) is 19.3 Å². The highest BCUT2D eigenvalue weighted by atomic mass is 15.3. The zero-order valence-electron chi connectivity index (χ0n) is 11.7. The molecule has 0 atom stereocenters. The monoisotopic (exact) mass is 237 g/mol. The number of rotatable bonds is 8. The summed E-state index contributed by atoms with van der Waals surface area (Å²) in [5.41, 5.74) is 1.30. The Morgan fingerprint density at radius 1 is 1.29 bits per heavy atom. The molecule has 0 aliphatic heterocycles. The number of aromatic nitrogens is 2. The minimum absolute atomic E-state index is 0.699. The molecule has 0 aromatic carbocycles. The quantitative estimate of drug-likeness (QED) is 0.753. The smallest absolute Gasteiger partial charge is 0.0522 e. The molecule has 0 saturated heterocycles. The number of hydrogen-bond donors (Lipinski definition) is 1. The summed E-state index contributed by atoms with van der Waals surface area (Å²) in [6.45, 7) is 12.0. The third kappa shape index (κ3) is 4.90. The summed E-state index contributed by atoms with van der Waals surface area (Å²) < 4.78 is 2.16. The molecule has 0 unspecified atom stereocenters. The number of nitrogens with zero attached hydrogens (tertiary/aromatic N) is 2. The summed E-state index contributed by atoms with van der Waals surface area (Å²) in [4.78, 5) is 0. The van der Waals surface area contributed by atoms with Gasteiger partial charge in [-0.15, -0.1) is 0 Å². The largest absolute Gasteiger partial charge is 0.311 e. The summed E-state index contributed by atoms with van der Waals surface area (Å²) in [7, 11) is 0. The van der Waals surface area contributed by atoms with Crippen LogP contribution in [0.2, 0.25) is 0 Å². The van der Waals surface area contributed by atoms with E-state index in [9.17, 15) is 0 Å². The van der Waals surface area contributed by atoms with E-state index in [2.05, 4.69) is 48.9 Å². The van der Waals surface area contributed by atoms with Crippen LogP contribution in [0.25, 0.3) is 0 Å². The van der Waals surface area contributed by atoms with E-state index in [0.717, 1.165) is 25.6 Å². The van der Waals surface area contributed by atoms with Crippen LogP contribution in [0.3, 0.4) is 0 Å². The maximum absolute atomic E-state index is 4.43. The summed E-state index contributed by atoms with van der Waals surface area (Å²) in [5.74, 6) is 1.45. The SMILES string of the molecule is CCC(CC)Cn1nccc1CNCC(C)C. The first-order valence-electron chi connectivity index (χ1n) is 6.88. The molecule has 17 heavy (non-hydrogen) atoms. The normalized spacial score (nSPS) is 11.6. The van der Waals surface area contributed by atoms with Crippen LogP contribution in [0.5, 0.6) is 0 Å². The van der Waals surface area contributed by atoms with Crippen LogP contribution in [0.15, 0.2) is 12.3 Å². The fourth-order valence-electron chi connectivity index (χ4n) is 1.95. The minimum Gasteiger partial charge on any atom is -0.311 e. The van der Waals surface area contributed by atoms with Crippen molar-refractivity contribution >= 4 is 0 Å². The van der Waals surface area contributed by atoms with Crippen LogP contribution >= 0.6 is 0 Å². The van der Waals surface area contributed by atoms with Crippen molar-refractivity contribution in [3.05, 3.63) is 18.0 Å². The third-order valence-electron chi connectivity index (χ3n) is 3.25. The van der Waals surface area contributed by atoms with Gasteiger partial charge in [0.1, 0.15) is 0 Å². The van der Waals surface area contributed by atoms with Crippen LogP contribution < -0.4 is 5.32 Å². The average molecular weight is 237 g/mol. The van der Waals surface area contributed by atoms with Gasteiger partial charge in [-0.1, -0.05) is 40.5 Å². The Hall–Kier alpha value is -0.830. The van der Waals surface area contributed by atoms with Crippen molar-refractivity contribution in [3.8, 4) is 0 Å². The molecule has 1 aromatic heterocycles. The molecular weight excluding hydrogens is 210 g/mol. The molecule has 0 saturated carbocycles. The Labute approximate surface area is 106 Å². The second kappa shape index (κ2) is 7.49. The first-order chi connectivity index (χ1) is 8.17. The molecule has 0 aliphatic rings. The highest BCUT2D eigenvalue weighted by Crippen LogP contribution is 2.12. The lowest BCUT2D eigenvalue weighted by molar-refractivity contribution is 0.384. The van der Waals surface area contributed by atoms with Crippen LogP contribution in [-0.4, -0.2) is 16.3 Å². The van der Waals surface area contributed by atoms with Gasteiger partial charge in [-0.2, -0.15) is 5.10 Å². The van der Waals surface area contributed by atoms with Gasteiger partial charge in [0.25, 0.3) is 0 Å². The van der Waals surface area contributed by atoms with Gasteiger partial charge in [0.2, 0.25) is 0 Å². The molecule has 98 valence electrons. The molecule has 0 spiro atoms. The van der Waals surface area contributed by atoms with Crippen molar-refractivity contribution < 1.29 is 0 Å². The molecule has 0 bridgehead atoms. The maximum atomic E-state index is 4.43. The Morgan fingerprint density at radius 2 is 2.00 bits per heavy atom. The van der Waals surface area contributed by atoms with E-state index in [-0.39, 0.29) is 0 Å². The molecule has 0 fully saturated rings. The number of nitrogens with one attached hydrogen (secondary N) is 1. The summed E-state index contributed by atoms with van der Waals surface area (Å²) in [5, 5.41) is 7.90. The third-order valence-corrected chi connectivity index (χ3v) is 3.25. The average Bonchev–Trinajstić information content (AvgIpc) is 2.73. The molecule has 1 rings (SSSR count). The van der Waals surface area contributed by atoms with E-state index < -0.39 is 0 Å². The van der Waals surface area contributed by atoms with E-state index in [4.69, 9.17) is 0 Å². The van der Waals surface area contributed by atoms with Crippen LogP contribution in [0.4, 0.5) is 0 Å². The van der Waals surface area contributed by atoms with E-state index in [1.807, 2.05) is 6.20 Å². The van der Waals surface area contributed by atoms with Gasteiger partial charge in [-0.05, 0) is 24.4 Å². The van der Waals surface area contributed by atoms with Crippen molar-refractivity contribution in [2.24, 2.45) is 11.8 Å². The summed E-state index contributed by atoms with van der Waals surface area (Å²) >= 11 is 0. The lowest BCUT2D eigenvalue weighted by atomic mass is 10.0. The van der Waals surface area contributed by atoms with Crippen molar-refractivity contribution in [1.29, 1.82) is 0 Å². The molecule has 0 amide bonds. The van der Waals surface area contributed by atoms with Gasteiger partial charge >= 0.3 is 0 Å². The second-order valence-electron chi connectivity index (χ2n) is 5.21. The summed E-state index contributed by atoms with van der Waals surface area (Å²) in [6.07, 6.45) is 4.37.